The molecule has 0 fully saturated rings. The molecule has 0 aliphatic heterocycles. The van der Waals surface area contributed by atoms with E-state index in [2.05, 4.69) is 36.6 Å². The summed E-state index contributed by atoms with van der Waals surface area (Å²) in [4.78, 5) is 4.83. The summed E-state index contributed by atoms with van der Waals surface area (Å²) in [7, 11) is 0. The van der Waals surface area contributed by atoms with Gasteiger partial charge in [0.2, 0.25) is 0 Å². The maximum atomic E-state index is 5.66. The summed E-state index contributed by atoms with van der Waals surface area (Å²) >= 11 is 0. The molecule has 0 bridgehead atoms. The molecule has 0 radical (unpaired) electrons. The number of hydrogen-bond acceptors (Lipinski definition) is 2. The van der Waals surface area contributed by atoms with Gasteiger partial charge in [0.05, 0.1) is 11.0 Å². The molecule has 3 heteroatoms. The van der Waals surface area contributed by atoms with Gasteiger partial charge in [0.15, 0.2) is 0 Å². The number of hydrogen-bond donors (Lipinski definition) is 1. The largest absolute Gasteiger partial charge is 0.330 e. The zero-order valence-electron chi connectivity index (χ0n) is 13.6. The van der Waals surface area contributed by atoms with E-state index in [9.17, 15) is 0 Å². The molecule has 2 aromatic rings. The number of aryl methyl sites for hydroxylation is 3. The van der Waals surface area contributed by atoms with Crippen molar-refractivity contribution in [3.63, 3.8) is 0 Å². The molecule has 0 saturated carbocycles. The lowest BCUT2D eigenvalue weighted by molar-refractivity contribution is 0.559. The molecule has 2 N–H and O–H groups in total. The Hall–Kier alpha value is -1.35. The Morgan fingerprint density at radius 3 is 2.67 bits per heavy atom. The van der Waals surface area contributed by atoms with Crippen LogP contribution in [0.2, 0.25) is 0 Å². The van der Waals surface area contributed by atoms with E-state index in [1.54, 1.807) is 0 Å². The van der Waals surface area contributed by atoms with Gasteiger partial charge in [-0.1, -0.05) is 38.7 Å². The van der Waals surface area contributed by atoms with E-state index in [4.69, 9.17) is 10.7 Å². The van der Waals surface area contributed by atoms with Crippen LogP contribution in [0.5, 0.6) is 0 Å². The summed E-state index contributed by atoms with van der Waals surface area (Å²) in [5, 5.41) is 0. The van der Waals surface area contributed by atoms with Crippen molar-refractivity contribution in [1.29, 1.82) is 0 Å². The van der Waals surface area contributed by atoms with Gasteiger partial charge in [0.25, 0.3) is 0 Å². The summed E-state index contributed by atoms with van der Waals surface area (Å²) in [5.74, 6) is 1.21. The van der Waals surface area contributed by atoms with Crippen molar-refractivity contribution < 1.29 is 0 Å². The fourth-order valence-corrected chi connectivity index (χ4v) is 2.86. The third-order valence-electron chi connectivity index (χ3n) is 4.07. The Bertz CT molecular complexity index is 557. The summed E-state index contributed by atoms with van der Waals surface area (Å²) in [6.45, 7) is 6.21. The molecular weight excluding hydrogens is 258 g/mol. The number of benzene rings is 1. The number of aromatic nitrogens is 2. The van der Waals surface area contributed by atoms with Crippen LogP contribution < -0.4 is 5.73 Å². The second-order valence-corrected chi connectivity index (χ2v) is 5.98. The molecule has 0 spiro atoms. The predicted molar refractivity (Wildman–Crippen MR) is 90.6 cm³/mol. The van der Waals surface area contributed by atoms with E-state index in [-0.39, 0.29) is 0 Å². The van der Waals surface area contributed by atoms with Crippen molar-refractivity contribution in [2.24, 2.45) is 5.73 Å². The second kappa shape index (κ2) is 8.18. The molecule has 0 aliphatic carbocycles. The number of rotatable bonds is 9. The number of nitrogens with two attached hydrogens (primary N) is 1. The summed E-state index contributed by atoms with van der Waals surface area (Å²) < 4.78 is 2.41. The first-order chi connectivity index (χ1) is 10.3. The van der Waals surface area contributed by atoms with Crippen molar-refractivity contribution in [1.82, 2.24) is 9.55 Å². The first-order valence-corrected chi connectivity index (χ1v) is 8.42. The fourth-order valence-electron chi connectivity index (χ4n) is 2.86. The Kier molecular flexibility index (Phi) is 6.24. The van der Waals surface area contributed by atoms with Gasteiger partial charge in [-0.25, -0.2) is 4.98 Å². The fraction of sp³-hybridized carbons (Fsp3) is 0.611. The zero-order valence-corrected chi connectivity index (χ0v) is 13.6. The third kappa shape index (κ3) is 4.31. The van der Waals surface area contributed by atoms with Gasteiger partial charge in [-0.3, -0.25) is 0 Å². The van der Waals surface area contributed by atoms with Crippen LogP contribution in [-0.2, 0) is 13.0 Å². The first-order valence-electron chi connectivity index (χ1n) is 8.42. The molecule has 3 nitrogen and oxygen atoms in total. The van der Waals surface area contributed by atoms with Crippen molar-refractivity contribution in [2.45, 2.75) is 65.3 Å². The van der Waals surface area contributed by atoms with E-state index in [1.165, 1.54) is 49.0 Å². The molecule has 0 unspecified atom stereocenters. The Balaban J connectivity index is 2.13. The van der Waals surface area contributed by atoms with Crippen molar-refractivity contribution in [3.05, 3.63) is 29.6 Å². The monoisotopic (exact) mass is 287 g/mol. The third-order valence-corrected chi connectivity index (χ3v) is 4.07. The molecule has 0 saturated heterocycles. The Morgan fingerprint density at radius 1 is 1.10 bits per heavy atom. The predicted octanol–water partition coefficient (Wildman–Crippen LogP) is 4.21. The minimum absolute atomic E-state index is 0.735. The van der Waals surface area contributed by atoms with Crippen LogP contribution in [-0.4, -0.2) is 16.1 Å². The normalized spacial score (nSPS) is 11.4. The lowest BCUT2D eigenvalue weighted by Crippen LogP contribution is -2.07. The van der Waals surface area contributed by atoms with Crippen LogP contribution in [0.25, 0.3) is 11.0 Å². The smallest absolute Gasteiger partial charge is 0.109 e. The van der Waals surface area contributed by atoms with Gasteiger partial charge in [0.1, 0.15) is 5.82 Å². The van der Waals surface area contributed by atoms with Crippen LogP contribution in [0.1, 0.15) is 56.8 Å². The van der Waals surface area contributed by atoms with Gasteiger partial charge in [-0.2, -0.15) is 0 Å². The van der Waals surface area contributed by atoms with E-state index in [0.717, 1.165) is 31.4 Å². The van der Waals surface area contributed by atoms with Crippen LogP contribution >= 0.6 is 0 Å². The van der Waals surface area contributed by atoms with Crippen molar-refractivity contribution >= 4 is 11.0 Å². The van der Waals surface area contributed by atoms with Gasteiger partial charge in [-0.15, -0.1) is 0 Å². The second-order valence-electron chi connectivity index (χ2n) is 5.98. The molecule has 1 aromatic heterocycles. The molecular formula is C18H29N3. The first kappa shape index (κ1) is 16.0. The SMILES string of the molecule is CCCCCCCn1c(CCCN)nc2cc(C)ccc21. The topological polar surface area (TPSA) is 43.8 Å². The van der Waals surface area contributed by atoms with E-state index in [0.29, 0.717) is 0 Å². The summed E-state index contributed by atoms with van der Waals surface area (Å²) in [6, 6.07) is 6.59. The van der Waals surface area contributed by atoms with E-state index >= 15 is 0 Å². The molecule has 2 rings (SSSR count). The lowest BCUT2D eigenvalue weighted by atomic mass is 10.1. The molecule has 1 aromatic carbocycles. The van der Waals surface area contributed by atoms with Crippen LogP contribution in [0.15, 0.2) is 18.2 Å². The molecule has 0 aliphatic rings. The average Bonchev–Trinajstić information content (AvgIpc) is 2.81. The highest BCUT2D eigenvalue weighted by Gasteiger charge is 2.10. The lowest BCUT2D eigenvalue weighted by Gasteiger charge is -2.09. The molecule has 0 amide bonds. The average molecular weight is 287 g/mol. The van der Waals surface area contributed by atoms with Crippen LogP contribution in [0, 0.1) is 6.92 Å². The number of nitrogens with zero attached hydrogens (tertiary/aromatic N) is 2. The maximum absolute atomic E-state index is 5.66. The summed E-state index contributed by atoms with van der Waals surface area (Å²) in [5.41, 5.74) is 9.36. The number of imidazole rings is 1. The minimum atomic E-state index is 0.735. The molecule has 0 atom stereocenters. The number of unbranched alkanes of at least 4 members (excludes halogenated alkanes) is 4. The Labute approximate surface area is 128 Å². The van der Waals surface area contributed by atoms with Gasteiger partial charge < -0.3 is 10.3 Å². The van der Waals surface area contributed by atoms with Crippen molar-refractivity contribution in [3.8, 4) is 0 Å². The molecule has 21 heavy (non-hydrogen) atoms. The highest BCUT2D eigenvalue weighted by Crippen LogP contribution is 2.20. The zero-order chi connectivity index (χ0) is 15.1. The van der Waals surface area contributed by atoms with Gasteiger partial charge >= 0.3 is 0 Å². The molecule has 116 valence electrons. The van der Waals surface area contributed by atoms with Crippen LogP contribution in [0.3, 0.4) is 0 Å². The Morgan fingerprint density at radius 2 is 1.90 bits per heavy atom. The van der Waals surface area contributed by atoms with Gasteiger partial charge in [-0.05, 0) is 44.0 Å². The minimum Gasteiger partial charge on any atom is -0.330 e. The van der Waals surface area contributed by atoms with Crippen LogP contribution in [0.4, 0.5) is 0 Å². The van der Waals surface area contributed by atoms with E-state index in [1.807, 2.05) is 0 Å². The molecule has 1 heterocycles. The maximum Gasteiger partial charge on any atom is 0.109 e. The van der Waals surface area contributed by atoms with Crippen molar-refractivity contribution in [2.75, 3.05) is 6.54 Å². The highest BCUT2D eigenvalue weighted by molar-refractivity contribution is 5.76. The highest BCUT2D eigenvalue weighted by atomic mass is 15.1. The van der Waals surface area contributed by atoms with Gasteiger partial charge in [0, 0.05) is 13.0 Å². The standard InChI is InChI=1S/C18H29N3/c1-3-4-5-6-7-13-21-17-11-10-15(2)14-16(17)20-18(21)9-8-12-19/h10-11,14H,3-9,12-13,19H2,1-2H3. The quantitative estimate of drug-likeness (QED) is 0.702. The summed E-state index contributed by atoms with van der Waals surface area (Å²) in [6.07, 6.45) is 8.56. The van der Waals surface area contributed by atoms with E-state index < -0.39 is 0 Å². The number of fused-ring (bicyclic) bond motifs is 1.